The van der Waals surface area contributed by atoms with Crippen molar-refractivity contribution in [1.29, 1.82) is 5.26 Å². The van der Waals surface area contributed by atoms with E-state index < -0.39 is 6.04 Å². The zero-order chi connectivity index (χ0) is 20.2. The van der Waals surface area contributed by atoms with Crippen molar-refractivity contribution in [2.75, 3.05) is 20.3 Å². The van der Waals surface area contributed by atoms with Crippen LogP contribution in [0.25, 0.3) is 11.4 Å². The molecule has 0 unspecified atom stereocenters. The molecular formula is C22H21N5O2. The first-order chi connectivity index (χ1) is 14.2. The number of hydrogen-bond donors (Lipinski definition) is 0. The molecule has 2 heterocycles. The molecule has 1 aliphatic heterocycles. The molecule has 7 heteroatoms. The Labute approximate surface area is 169 Å². The quantitative estimate of drug-likeness (QED) is 0.649. The highest BCUT2D eigenvalue weighted by molar-refractivity contribution is 5.82. The van der Waals surface area contributed by atoms with Crippen LogP contribution in [-0.2, 0) is 22.5 Å². The summed E-state index contributed by atoms with van der Waals surface area (Å²) in [5.41, 5.74) is 2.48. The Morgan fingerprint density at radius 2 is 1.90 bits per heavy atom. The predicted octanol–water partition coefficient (Wildman–Crippen LogP) is 2.59. The highest BCUT2D eigenvalue weighted by Crippen LogP contribution is 2.31. The number of methoxy groups -OCH3 is 1. The van der Waals surface area contributed by atoms with Gasteiger partial charge in [0, 0.05) is 25.6 Å². The van der Waals surface area contributed by atoms with Gasteiger partial charge in [-0.2, -0.15) is 5.26 Å². The van der Waals surface area contributed by atoms with Gasteiger partial charge in [0.25, 0.3) is 0 Å². The van der Waals surface area contributed by atoms with E-state index in [0.717, 1.165) is 17.0 Å². The van der Waals surface area contributed by atoms with E-state index in [2.05, 4.69) is 16.3 Å². The lowest BCUT2D eigenvalue weighted by Gasteiger charge is -2.34. The molecule has 3 aromatic rings. The molecule has 1 amide bonds. The van der Waals surface area contributed by atoms with Crippen LogP contribution in [0.5, 0.6) is 0 Å². The monoisotopic (exact) mass is 387 g/mol. The maximum Gasteiger partial charge on any atom is 0.246 e. The number of benzene rings is 2. The Kier molecular flexibility index (Phi) is 5.36. The first kappa shape index (κ1) is 18.8. The Balaban J connectivity index is 1.75. The molecule has 0 N–H and O–H groups in total. The van der Waals surface area contributed by atoms with Crippen LogP contribution in [0.3, 0.4) is 0 Å². The van der Waals surface area contributed by atoms with Crippen LogP contribution >= 0.6 is 0 Å². The summed E-state index contributed by atoms with van der Waals surface area (Å²) in [6.07, 6.45) is 0.553. The second kappa shape index (κ2) is 8.25. The van der Waals surface area contributed by atoms with Gasteiger partial charge in [0.1, 0.15) is 6.04 Å². The fraction of sp³-hybridized carbons (Fsp3) is 0.273. The number of carbonyl (C=O) groups excluding carboxylic acids is 1. The number of nitriles is 1. The van der Waals surface area contributed by atoms with Crippen molar-refractivity contribution in [3.05, 3.63) is 71.5 Å². The number of nitrogens with zero attached hydrogens (tertiary/aromatic N) is 5. The van der Waals surface area contributed by atoms with Crippen LogP contribution in [0.2, 0.25) is 0 Å². The molecule has 0 spiro atoms. The fourth-order valence-corrected chi connectivity index (χ4v) is 3.63. The second-order valence-corrected chi connectivity index (χ2v) is 6.96. The van der Waals surface area contributed by atoms with Gasteiger partial charge in [-0.3, -0.25) is 9.36 Å². The molecule has 0 bridgehead atoms. The summed E-state index contributed by atoms with van der Waals surface area (Å²) in [6, 6.07) is 18.8. The zero-order valence-electron chi connectivity index (χ0n) is 16.2. The number of fused-ring (bicyclic) bond motifs is 1. The minimum Gasteiger partial charge on any atom is -0.383 e. The number of hydrogen-bond acceptors (Lipinski definition) is 5. The van der Waals surface area contributed by atoms with Gasteiger partial charge in [-0.05, 0) is 29.8 Å². The third kappa shape index (κ3) is 3.75. The topological polar surface area (TPSA) is 84.0 Å². The van der Waals surface area contributed by atoms with Crippen LogP contribution in [0.4, 0.5) is 0 Å². The number of ether oxygens (including phenoxy) is 1. The average molecular weight is 387 g/mol. The van der Waals surface area contributed by atoms with Gasteiger partial charge in [0.2, 0.25) is 5.91 Å². The smallest absolute Gasteiger partial charge is 0.246 e. The zero-order valence-corrected chi connectivity index (χ0v) is 16.2. The molecule has 0 fully saturated rings. The predicted molar refractivity (Wildman–Crippen MR) is 107 cm³/mol. The Hall–Kier alpha value is -3.50. The van der Waals surface area contributed by atoms with Crippen molar-refractivity contribution < 1.29 is 9.53 Å². The molecule has 1 aromatic heterocycles. The maximum absolute atomic E-state index is 13.3. The molecule has 7 nitrogen and oxygen atoms in total. The maximum atomic E-state index is 13.3. The van der Waals surface area contributed by atoms with E-state index in [1.54, 1.807) is 24.1 Å². The Morgan fingerprint density at radius 3 is 2.59 bits per heavy atom. The fourth-order valence-electron chi connectivity index (χ4n) is 3.63. The average Bonchev–Trinajstić information content (AvgIpc) is 3.19. The summed E-state index contributed by atoms with van der Waals surface area (Å²) in [7, 11) is 1.63. The minimum absolute atomic E-state index is 0.0353. The van der Waals surface area contributed by atoms with Crippen molar-refractivity contribution in [1.82, 2.24) is 19.7 Å². The molecule has 0 saturated carbocycles. The normalized spacial score (nSPS) is 15.8. The van der Waals surface area contributed by atoms with Crippen molar-refractivity contribution in [3.63, 3.8) is 0 Å². The number of aromatic nitrogens is 3. The summed E-state index contributed by atoms with van der Waals surface area (Å²) in [4.78, 5) is 15.1. The largest absolute Gasteiger partial charge is 0.383 e. The molecule has 2 aromatic carbocycles. The molecule has 29 heavy (non-hydrogen) atoms. The summed E-state index contributed by atoms with van der Waals surface area (Å²) in [6.45, 7) is 1.39. The molecule has 0 saturated heterocycles. The summed E-state index contributed by atoms with van der Waals surface area (Å²) in [5, 5.41) is 17.8. The van der Waals surface area contributed by atoms with E-state index in [1.807, 2.05) is 47.0 Å². The highest BCUT2D eigenvalue weighted by Gasteiger charge is 2.36. The van der Waals surface area contributed by atoms with Crippen molar-refractivity contribution in [2.24, 2.45) is 0 Å². The molecule has 4 rings (SSSR count). The summed E-state index contributed by atoms with van der Waals surface area (Å²) in [5.74, 6) is 1.43. The third-order valence-corrected chi connectivity index (χ3v) is 5.12. The number of amides is 1. The van der Waals surface area contributed by atoms with Gasteiger partial charge in [-0.1, -0.05) is 30.3 Å². The second-order valence-electron chi connectivity index (χ2n) is 6.96. The standard InChI is InChI=1S/C22H21N5O2/c1-29-12-11-26-15-20-24-25-21(18-9-7-17(14-23)8-10-18)27(20)19(22(26)28)13-16-5-3-2-4-6-16/h2-10,19H,11-13,15H2,1H3/t19-/m1/s1. The van der Waals surface area contributed by atoms with E-state index >= 15 is 0 Å². The van der Waals surface area contributed by atoms with Crippen LogP contribution < -0.4 is 0 Å². The molecular weight excluding hydrogens is 366 g/mol. The van der Waals surface area contributed by atoms with Crippen LogP contribution in [0, 0.1) is 11.3 Å². The first-order valence-corrected chi connectivity index (χ1v) is 9.47. The summed E-state index contributed by atoms with van der Waals surface area (Å²) < 4.78 is 7.11. The van der Waals surface area contributed by atoms with E-state index in [4.69, 9.17) is 10.00 Å². The molecule has 1 aliphatic rings. The van der Waals surface area contributed by atoms with Gasteiger partial charge in [-0.25, -0.2) is 0 Å². The lowest BCUT2D eigenvalue weighted by atomic mass is 10.0. The third-order valence-electron chi connectivity index (χ3n) is 5.12. The molecule has 1 atom stereocenters. The highest BCUT2D eigenvalue weighted by atomic mass is 16.5. The van der Waals surface area contributed by atoms with Crippen LogP contribution in [-0.4, -0.2) is 45.8 Å². The minimum atomic E-state index is -0.432. The SMILES string of the molecule is COCCN1Cc2nnc(-c3ccc(C#N)cc3)n2[C@H](Cc2ccccc2)C1=O. The van der Waals surface area contributed by atoms with Crippen molar-refractivity contribution in [2.45, 2.75) is 19.0 Å². The van der Waals surface area contributed by atoms with Gasteiger partial charge < -0.3 is 9.64 Å². The Morgan fingerprint density at radius 1 is 1.14 bits per heavy atom. The van der Waals surface area contributed by atoms with Crippen molar-refractivity contribution >= 4 is 5.91 Å². The van der Waals surface area contributed by atoms with Gasteiger partial charge in [-0.15, -0.1) is 10.2 Å². The van der Waals surface area contributed by atoms with Crippen LogP contribution in [0.15, 0.2) is 54.6 Å². The van der Waals surface area contributed by atoms with E-state index in [9.17, 15) is 4.79 Å². The van der Waals surface area contributed by atoms with E-state index in [0.29, 0.717) is 37.5 Å². The van der Waals surface area contributed by atoms with Gasteiger partial charge in [0.15, 0.2) is 11.6 Å². The number of rotatable bonds is 6. The number of carbonyl (C=O) groups is 1. The molecule has 0 aliphatic carbocycles. The van der Waals surface area contributed by atoms with Crippen LogP contribution in [0.1, 0.15) is 23.0 Å². The summed E-state index contributed by atoms with van der Waals surface area (Å²) >= 11 is 0. The van der Waals surface area contributed by atoms with Crippen molar-refractivity contribution in [3.8, 4) is 17.5 Å². The first-order valence-electron chi connectivity index (χ1n) is 9.47. The lowest BCUT2D eigenvalue weighted by molar-refractivity contribution is -0.138. The van der Waals surface area contributed by atoms with Gasteiger partial charge >= 0.3 is 0 Å². The lowest BCUT2D eigenvalue weighted by Crippen LogP contribution is -2.45. The van der Waals surface area contributed by atoms with Gasteiger partial charge in [0.05, 0.1) is 24.8 Å². The van der Waals surface area contributed by atoms with E-state index in [1.165, 1.54) is 0 Å². The molecule has 0 radical (unpaired) electrons. The Bertz CT molecular complexity index is 1040. The van der Waals surface area contributed by atoms with E-state index in [-0.39, 0.29) is 5.91 Å². The molecule has 146 valence electrons.